The Morgan fingerprint density at radius 1 is 1.34 bits per heavy atom. The van der Waals surface area contributed by atoms with E-state index in [4.69, 9.17) is 9.57 Å². The van der Waals surface area contributed by atoms with Crippen LogP contribution >= 0.6 is 0 Å². The van der Waals surface area contributed by atoms with Gasteiger partial charge in [-0.1, -0.05) is 20.8 Å². The molecule has 0 aliphatic carbocycles. The van der Waals surface area contributed by atoms with E-state index >= 15 is 0 Å². The summed E-state index contributed by atoms with van der Waals surface area (Å²) in [7, 11) is 0. The first-order valence-corrected chi connectivity index (χ1v) is 11.2. The number of carbonyl (C=O) groups excluding carboxylic acids is 1. The van der Waals surface area contributed by atoms with Gasteiger partial charge in [0.05, 0.1) is 6.04 Å². The molecule has 176 valence electrons. The number of amides is 2. The van der Waals surface area contributed by atoms with Crippen LogP contribution in [0.4, 0.5) is 10.6 Å². The molecule has 9 nitrogen and oxygen atoms in total. The van der Waals surface area contributed by atoms with E-state index in [0.717, 1.165) is 38.8 Å². The van der Waals surface area contributed by atoms with Gasteiger partial charge in [-0.05, 0) is 48.4 Å². The molecule has 1 unspecified atom stereocenters. The molecule has 9 heteroatoms. The van der Waals surface area contributed by atoms with Gasteiger partial charge in [-0.15, -0.1) is 0 Å². The third kappa shape index (κ3) is 7.29. The summed E-state index contributed by atoms with van der Waals surface area (Å²) in [6.45, 7) is 9.66. The number of nitrogens with zero attached hydrogens (tertiary/aromatic N) is 3. The lowest BCUT2D eigenvalue weighted by molar-refractivity contribution is -0.198. The second-order valence-corrected chi connectivity index (χ2v) is 9.55. The lowest BCUT2D eigenvalue weighted by atomic mass is 9.96. The molecule has 2 aliphatic heterocycles. The standard InChI is InChI=1S/C23H34N4O5/c1-23(2,3)16-26-12-11-18(15-26)27(22(29)30)19-9-7-17(14-24-19)8-10-20(28)25-32-21-6-4-5-13-31-21/h7-10,14,18,21H,4-6,11-13,15-16H2,1-3H3,(H,25,28)(H,29,30)/t18-,21?/m1/s1. The maximum absolute atomic E-state index is 12.0. The fraction of sp³-hybridized carbons (Fsp3) is 0.609. The van der Waals surface area contributed by atoms with Gasteiger partial charge >= 0.3 is 6.09 Å². The van der Waals surface area contributed by atoms with Crippen LogP contribution in [0.1, 0.15) is 52.0 Å². The van der Waals surface area contributed by atoms with E-state index in [9.17, 15) is 14.7 Å². The molecule has 2 N–H and O–H groups in total. The van der Waals surface area contributed by atoms with Gasteiger partial charge in [0.15, 0.2) is 6.29 Å². The highest BCUT2D eigenvalue weighted by Gasteiger charge is 2.33. The molecule has 1 aromatic heterocycles. The Hall–Kier alpha value is -2.49. The van der Waals surface area contributed by atoms with E-state index in [0.29, 0.717) is 24.5 Å². The summed E-state index contributed by atoms with van der Waals surface area (Å²) in [4.78, 5) is 37.1. The molecule has 0 spiro atoms. The number of anilines is 1. The number of hydrogen-bond acceptors (Lipinski definition) is 6. The summed E-state index contributed by atoms with van der Waals surface area (Å²) in [6, 6.07) is 3.29. The summed E-state index contributed by atoms with van der Waals surface area (Å²) < 4.78 is 5.39. The highest BCUT2D eigenvalue weighted by molar-refractivity contribution is 5.91. The number of carboxylic acid groups (broad SMARTS) is 1. The Morgan fingerprint density at radius 2 is 2.16 bits per heavy atom. The first-order chi connectivity index (χ1) is 15.2. The van der Waals surface area contributed by atoms with Crippen LogP contribution in [-0.4, -0.2) is 65.6 Å². The number of hydrogen-bond donors (Lipinski definition) is 2. The fourth-order valence-electron chi connectivity index (χ4n) is 4.05. The van der Waals surface area contributed by atoms with Crippen molar-refractivity contribution in [3.8, 4) is 0 Å². The van der Waals surface area contributed by atoms with Crippen LogP contribution in [0.5, 0.6) is 0 Å². The maximum atomic E-state index is 12.0. The summed E-state index contributed by atoms with van der Waals surface area (Å²) in [5.74, 6) is -0.0141. The molecule has 32 heavy (non-hydrogen) atoms. The van der Waals surface area contributed by atoms with Crippen molar-refractivity contribution < 1.29 is 24.3 Å². The largest absolute Gasteiger partial charge is 0.465 e. The van der Waals surface area contributed by atoms with Crippen molar-refractivity contribution in [3.63, 3.8) is 0 Å². The average molecular weight is 447 g/mol. The monoisotopic (exact) mass is 446 g/mol. The van der Waals surface area contributed by atoms with Crippen molar-refractivity contribution in [1.82, 2.24) is 15.4 Å². The quantitative estimate of drug-likeness (QED) is 0.489. The predicted octanol–water partition coefficient (Wildman–Crippen LogP) is 3.27. The molecule has 0 saturated carbocycles. The molecule has 2 fully saturated rings. The summed E-state index contributed by atoms with van der Waals surface area (Å²) in [5.41, 5.74) is 3.21. The molecule has 2 saturated heterocycles. The van der Waals surface area contributed by atoms with Crippen LogP contribution in [0.15, 0.2) is 24.4 Å². The molecule has 3 rings (SSSR count). The molecule has 0 aromatic carbocycles. The SMILES string of the molecule is CC(C)(C)CN1CC[C@@H](N(C(=O)O)c2ccc(C=CC(=O)NOC3CCCCO3)cn2)C1. The summed E-state index contributed by atoms with van der Waals surface area (Å²) in [5, 5.41) is 9.79. The number of likely N-dealkylation sites (tertiary alicyclic amines) is 1. The van der Waals surface area contributed by atoms with Crippen molar-refractivity contribution in [1.29, 1.82) is 0 Å². The van der Waals surface area contributed by atoms with Crippen LogP contribution in [0, 0.1) is 5.41 Å². The van der Waals surface area contributed by atoms with Crippen molar-refractivity contribution >= 4 is 23.9 Å². The molecule has 0 radical (unpaired) electrons. The van der Waals surface area contributed by atoms with Crippen LogP contribution in [-0.2, 0) is 14.4 Å². The molecular formula is C23H34N4O5. The lowest BCUT2D eigenvalue weighted by Gasteiger charge is -2.28. The Kier molecular flexibility index (Phi) is 8.22. The van der Waals surface area contributed by atoms with E-state index in [2.05, 4.69) is 36.1 Å². The number of nitrogens with one attached hydrogen (secondary N) is 1. The van der Waals surface area contributed by atoms with Gasteiger partial charge in [-0.2, -0.15) is 0 Å². The van der Waals surface area contributed by atoms with Gasteiger partial charge in [-0.25, -0.2) is 20.1 Å². The zero-order valence-corrected chi connectivity index (χ0v) is 19.1. The van der Waals surface area contributed by atoms with E-state index in [1.54, 1.807) is 24.4 Å². The second-order valence-electron chi connectivity index (χ2n) is 9.55. The number of pyridine rings is 1. The van der Waals surface area contributed by atoms with E-state index in [1.807, 2.05) is 0 Å². The van der Waals surface area contributed by atoms with Crippen molar-refractivity contribution in [2.45, 2.75) is 58.8 Å². The topological polar surface area (TPSA) is 104 Å². The Labute approximate surface area is 189 Å². The van der Waals surface area contributed by atoms with Crippen molar-refractivity contribution in [2.75, 3.05) is 31.1 Å². The zero-order chi connectivity index (χ0) is 23.1. The lowest BCUT2D eigenvalue weighted by Crippen LogP contribution is -2.42. The first kappa shape index (κ1) is 24.2. The molecular weight excluding hydrogens is 412 g/mol. The molecule has 2 amide bonds. The summed E-state index contributed by atoms with van der Waals surface area (Å²) >= 11 is 0. The van der Waals surface area contributed by atoms with E-state index in [-0.39, 0.29) is 11.5 Å². The third-order valence-electron chi connectivity index (χ3n) is 5.39. The predicted molar refractivity (Wildman–Crippen MR) is 121 cm³/mol. The Bertz CT molecular complexity index is 800. The number of ether oxygens (including phenoxy) is 1. The van der Waals surface area contributed by atoms with Crippen molar-refractivity contribution in [3.05, 3.63) is 30.0 Å². The zero-order valence-electron chi connectivity index (χ0n) is 19.1. The minimum atomic E-state index is -1.01. The molecule has 0 bridgehead atoms. The van der Waals surface area contributed by atoms with Gasteiger partial charge in [0.25, 0.3) is 5.91 Å². The van der Waals surface area contributed by atoms with Gasteiger partial charge in [0, 0.05) is 44.9 Å². The van der Waals surface area contributed by atoms with Gasteiger partial charge < -0.3 is 14.7 Å². The minimum Gasteiger partial charge on any atom is -0.465 e. The van der Waals surface area contributed by atoms with Gasteiger partial charge in [-0.3, -0.25) is 9.69 Å². The molecule has 1 aromatic rings. The number of rotatable bonds is 7. The highest BCUT2D eigenvalue weighted by Crippen LogP contribution is 2.25. The maximum Gasteiger partial charge on any atom is 0.413 e. The van der Waals surface area contributed by atoms with Crippen LogP contribution in [0.25, 0.3) is 6.08 Å². The highest BCUT2D eigenvalue weighted by atomic mass is 16.8. The number of carbonyl (C=O) groups is 2. The normalized spacial score (nSPS) is 22.2. The van der Waals surface area contributed by atoms with E-state index < -0.39 is 18.3 Å². The number of hydroxylamine groups is 1. The average Bonchev–Trinajstić information content (AvgIpc) is 3.18. The van der Waals surface area contributed by atoms with Crippen LogP contribution in [0.2, 0.25) is 0 Å². The Balaban J connectivity index is 1.55. The Morgan fingerprint density at radius 3 is 2.78 bits per heavy atom. The van der Waals surface area contributed by atoms with Gasteiger partial charge in [0.2, 0.25) is 0 Å². The molecule has 2 atom stereocenters. The fourth-order valence-corrected chi connectivity index (χ4v) is 4.05. The van der Waals surface area contributed by atoms with Crippen LogP contribution in [0.3, 0.4) is 0 Å². The van der Waals surface area contributed by atoms with E-state index in [1.165, 1.54) is 11.0 Å². The summed E-state index contributed by atoms with van der Waals surface area (Å²) in [6.07, 6.45) is 6.63. The minimum absolute atomic E-state index is 0.131. The first-order valence-electron chi connectivity index (χ1n) is 11.2. The van der Waals surface area contributed by atoms with Crippen molar-refractivity contribution in [2.24, 2.45) is 5.41 Å². The van der Waals surface area contributed by atoms with Crippen LogP contribution < -0.4 is 10.4 Å². The van der Waals surface area contributed by atoms with Gasteiger partial charge in [0.1, 0.15) is 5.82 Å². The molecule has 2 aliphatic rings. The number of aromatic nitrogens is 1. The smallest absolute Gasteiger partial charge is 0.413 e. The second kappa shape index (κ2) is 10.9. The third-order valence-corrected chi connectivity index (χ3v) is 5.39. The molecule has 3 heterocycles.